The average Bonchev–Trinajstić information content (AvgIpc) is 2.41. The minimum atomic E-state index is -0.609. The first-order valence-electron chi connectivity index (χ1n) is 6.19. The standard InChI is InChI=1S/C12H15N5O2/c13-7-10-11(17(18)19)5-6-12(16-10)15-9-4-2-1-3-8(9)14/h5-6,8-9H,1-4,14H2,(H,15,16). The van der Waals surface area contributed by atoms with E-state index in [0.717, 1.165) is 25.7 Å². The summed E-state index contributed by atoms with van der Waals surface area (Å²) >= 11 is 0. The fourth-order valence-electron chi connectivity index (χ4n) is 2.29. The van der Waals surface area contributed by atoms with Crippen LogP contribution in [0, 0.1) is 21.4 Å². The smallest absolute Gasteiger partial charge is 0.305 e. The lowest BCUT2D eigenvalue weighted by molar-refractivity contribution is -0.385. The molecule has 0 saturated heterocycles. The molecule has 0 radical (unpaired) electrons. The van der Waals surface area contributed by atoms with Gasteiger partial charge in [-0.15, -0.1) is 0 Å². The van der Waals surface area contributed by atoms with Gasteiger partial charge in [-0.05, 0) is 18.9 Å². The number of rotatable bonds is 3. The van der Waals surface area contributed by atoms with Crippen LogP contribution in [0.4, 0.5) is 11.5 Å². The average molecular weight is 261 g/mol. The third-order valence-electron chi connectivity index (χ3n) is 3.33. The van der Waals surface area contributed by atoms with Crippen LogP contribution in [0.5, 0.6) is 0 Å². The lowest BCUT2D eigenvalue weighted by Crippen LogP contribution is -2.42. The summed E-state index contributed by atoms with van der Waals surface area (Å²) in [6, 6.07) is 4.71. The van der Waals surface area contributed by atoms with Crippen LogP contribution in [0.3, 0.4) is 0 Å². The monoisotopic (exact) mass is 261 g/mol. The molecule has 0 spiro atoms. The highest BCUT2D eigenvalue weighted by molar-refractivity contribution is 5.50. The first-order valence-corrected chi connectivity index (χ1v) is 6.19. The number of nitriles is 1. The molecule has 7 heteroatoms. The van der Waals surface area contributed by atoms with Gasteiger partial charge in [0.25, 0.3) is 0 Å². The van der Waals surface area contributed by atoms with E-state index >= 15 is 0 Å². The Morgan fingerprint density at radius 1 is 1.47 bits per heavy atom. The van der Waals surface area contributed by atoms with Crippen molar-refractivity contribution in [2.45, 2.75) is 37.8 Å². The fourth-order valence-corrected chi connectivity index (χ4v) is 2.29. The summed E-state index contributed by atoms with van der Waals surface area (Å²) < 4.78 is 0. The maximum atomic E-state index is 10.7. The van der Waals surface area contributed by atoms with Gasteiger partial charge in [-0.3, -0.25) is 10.1 Å². The van der Waals surface area contributed by atoms with Gasteiger partial charge in [0.15, 0.2) is 0 Å². The van der Waals surface area contributed by atoms with Crippen molar-refractivity contribution >= 4 is 11.5 Å². The molecule has 0 bridgehead atoms. The molecule has 2 rings (SSSR count). The number of aromatic nitrogens is 1. The Kier molecular flexibility index (Phi) is 3.92. The summed E-state index contributed by atoms with van der Waals surface area (Å²) in [6.07, 6.45) is 4.12. The van der Waals surface area contributed by atoms with E-state index in [1.54, 1.807) is 6.07 Å². The molecule has 1 fully saturated rings. The Hall–Kier alpha value is -2.20. The molecule has 100 valence electrons. The zero-order chi connectivity index (χ0) is 13.8. The number of hydrogen-bond acceptors (Lipinski definition) is 6. The molecule has 0 aromatic carbocycles. The molecule has 19 heavy (non-hydrogen) atoms. The van der Waals surface area contributed by atoms with Crippen molar-refractivity contribution in [1.29, 1.82) is 5.26 Å². The minimum Gasteiger partial charge on any atom is -0.366 e. The Labute approximate surface area is 110 Å². The number of anilines is 1. The lowest BCUT2D eigenvalue weighted by Gasteiger charge is -2.29. The van der Waals surface area contributed by atoms with E-state index in [1.165, 1.54) is 12.1 Å². The molecule has 0 amide bonds. The Balaban J connectivity index is 2.17. The minimum absolute atomic E-state index is 0.0521. The number of nitrogens with one attached hydrogen (secondary N) is 1. The normalized spacial score (nSPS) is 22.5. The summed E-state index contributed by atoms with van der Waals surface area (Å²) in [5.41, 5.74) is 5.55. The Morgan fingerprint density at radius 2 is 2.21 bits per heavy atom. The fraction of sp³-hybridized carbons (Fsp3) is 0.500. The molecule has 1 aromatic heterocycles. The van der Waals surface area contributed by atoms with Crippen LogP contribution in [-0.2, 0) is 0 Å². The van der Waals surface area contributed by atoms with Gasteiger partial charge in [0.05, 0.1) is 4.92 Å². The topological polar surface area (TPSA) is 118 Å². The van der Waals surface area contributed by atoms with Gasteiger partial charge in [0, 0.05) is 18.2 Å². The Morgan fingerprint density at radius 3 is 2.84 bits per heavy atom. The maximum Gasteiger partial charge on any atom is 0.305 e. The number of nitrogens with two attached hydrogens (primary N) is 1. The molecule has 1 heterocycles. The van der Waals surface area contributed by atoms with E-state index in [1.807, 2.05) is 0 Å². The second kappa shape index (κ2) is 5.63. The summed E-state index contributed by atoms with van der Waals surface area (Å²) in [6.45, 7) is 0. The van der Waals surface area contributed by atoms with Crippen molar-refractivity contribution in [3.63, 3.8) is 0 Å². The van der Waals surface area contributed by atoms with Gasteiger partial charge in [0.1, 0.15) is 11.9 Å². The van der Waals surface area contributed by atoms with Crippen LogP contribution < -0.4 is 11.1 Å². The number of hydrogen-bond donors (Lipinski definition) is 2. The molecular formula is C12H15N5O2. The van der Waals surface area contributed by atoms with Gasteiger partial charge in [-0.1, -0.05) is 12.8 Å². The number of nitrogens with zero attached hydrogens (tertiary/aromatic N) is 3. The second-order valence-corrected chi connectivity index (χ2v) is 4.63. The van der Waals surface area contributed by atoms with Crippen LogP contribution in [0.1, 0.15) is 31.4 Å². The van der Waals surface area contributed by atoms with Crippen molar-refractivity contribution in [1.82, 2.24) is 4.98 Å². The predicted octanol–water partition coefficient (Wildman–Crippen LogP) is 1.54. The summed E-state index contributed by atoms with van der Waals surface area (Å²) in [4.78, 5) is 14.1. The zero-order valence-corrected chi connectivity index (χ0v) is 10.4. The largest absolute Gasteiger partial charge is 0.366 e. The van der Waals surface area contributed by atoms with Crippen LogP contribution in [0.2, 0.25) is 0 Å². The van der Waals surface area contributed by atoms with E-state index in [-0.39, 0.29) is 23.5 Å². The van der Waals surface area contributed by atoms with Crippen molar-refractivity contribution in [3.8, 4) is 6.07 Å². The van der Waals surface area contributed by atoms with Crippen LogP contribution in [0.25, 0.3) is 0 Å². The van der Waals surface area contributed by atoms with E-state index in [9.17, 15) is 10.1 Å². The predicted molar refractivity (Wildman–Crippen MR) is 69.5 cm³/mol. The van der Waals surface area contributed by atoms with E-state index in [2.05, 4.69) is 10.3 Å². The first-order chi connectivity index (χ1) is 9.11. The summed E-state index contributed by atoms with van der Waals surface area (Å²) in [5.74, 6) is 0.463. The number of nitro groups is 1. The van der Waals surface area contributed by atoms with Gasteiger partial charge < -0.3 is 11.1 Å². The molecule has 3 N–H and O–H groups in total. The maximum absolute atomic E-state index is 10.7. The van der Waals surface area contributed by atoms with E-state index in [4.69, 9.17) is 11.0 Å². The highest BCUT2D eigenvalue weighted by atomic mass is 16.6. The number of pyridine rings is 1. The lowest BCUT2D eigenvalue weighted by atomic mass is 9.91. The molecule has 2 atom stereocenters. The van der Waals surface area contributed by atoms with Crippen molar-refractivity contribution in [2.24, 2.45) is 5.73 Å². The van der Waals surface area contributed by atoms with Crippen molar-refractivity contribution in [3.05, 3.63) is 27.9 Å². The quantitative estimate of drug-likeness (QED) is 0.629. The summed E-state index contributed by atoms with van der Waals surface area (Å²) in [7, 11) is 0. The summed E-state index contributed by atoms with van der Waals surface area (Å²) in [5, 5.41) is 22.7. The van der Waals surface area contributed by atoms with Gasteiger partial charge in [-0.25, -0.2) is 4.98 Å². The highest BCUT2D eigenvalue weighted by Crippen LogP contribution is 2.22. The SMILES string of the molecule is N#Cc1nc(NC2CCCCC2N)ccc1[N+](=O)[O-]. The van der Waals surface area contributed by atoms with Crippen molar-refractivity contribution in [2.75, 3.05) is 5.32 Å². The first kappa shape index (κ1) is 13.2. The molecule has 1 aliphatic rings. The van der Waals surface area contributed by atoms with Crippen LogP contribution in [0.15, 0.2) is 12.1 Å². The van der Waals surface area contributed by atoms with Gasteiger partial charge in [-0.2, -0.15) is 5.26 Å². The van der Waals surface area contributed by atoms with Crippen molar-refractivity contribution < 1.29 is 4.92 Å². The van der Waals surface area contributed by atoms with Gasteiger partial charge in [0.2, 0.25) is 5.69 Å². The third kappa shape index (κ3) is 2.98. The Bertz CT molecular complexity index is 525. The molecule has 1 saturated carbocycles. The molecule has 1 aliphatic carbocycles. The second-order valence-electron chi connectivity index (χ2n) is 4.63. The van der Waals surface area contributed by atoms with E-state index in [0.29, 0.717) is 5.82 Å². The molecule has 0 aliphatic heterocycles. The van der Waals surface area contributed by atoms with E-state index < -0.39 is 4.92 Å². The zero-order valence-electron chi connectivity index (χ0n) is 10.4. The van der Waals surface area contributed by atoms with Crippen LogP contribution >= 0.6 is 0 Å². The molecule has 7 nitrogen and oxygen atoms in total. The molecule has 1 aromatic rings. The molecule has 2 unspecified atom stereocenters. The highest BCUT2D eigenvalue weighted by Gasteiger charge is 2.23. The third-order valence-corrected chi connectivity index (χ3v) is 3.33. The van der Waals surface area contributed by atoms with Crippen LogP contribution in [-0.4, -0.2) is 22.0 Å². The molecular weight excluding hydrogens is 246 g/mol. The van der Waals surface area contributed by atoms with Gasteiger partial charge >= 0.3 is 5.69 Å².